The average molecular weight is 233 g/mol. The first kappa shape index (κ1) is 12.8. The van der Waals surface area contributed by atoms with Crippen LogP contribution in [0.3, 0.4) is 0 Å². The van der Waals surface area contributed by atoms with Gasteiger partial charge >= 0.3 is 5.97 Å². The fourth-order valence-electron chi connectivity index (χ4n) is 1.22. The van der Waals surface area contributed by atoms with Crippen LogP contribution in [-0.4, -0.2) is 53.3 Å². The second-order valence-corrected chi connectivity index (χ2v) is 3.28. The van der Waals surface area contributed by atoms with E-state index in [1.165, 1.54) is 0 Å². The first-order chi connectivity index (χ1) is 7.61. The fraction of sp³-hybridized carbons (Fsp3) is 0.667. The van der Waals surface area contributed by atoms with Crippen LogP contribution >= 0.6 is 0 Å². The molecule has 5 N–H and O–H groups in total. The second kappa shape index (κ2) is 5.69. The van der Waals surface area contributed by atoms with Crippen molar-refractivity contribution in [3.05, 3.63) is 11.5 Å². The van der Waals surface area contributed by atoms with Gasteiger partial charge in [-0.3, -0.25) is 0 Å². The van der Waals surface area contributed by atoms with Gasteiger partial charge in [0.25, 0.3) is 0 Å². The summed E-state index contributed by atoms with van der Waals surface area (Å²) in [6.07, 6.45) is -1.94. The number of rotatable bonds is 6. The molecular formula is C9H15NO6. The van der Waals surface area contributed by atoms with E-state index >= 15 is 0 Å². The summed E-state index contributed by atoms with van der Waals surface area (Å²) in [6.45, 7) is -0.00772. The molecule has 1 heterocycles. The van der Waals surface area contributed by atoms with Crippen molar-refractivity contribution < 1.29 is 29.6 Å². The molecule has 16 heavy (non-hydrogen) atoms. The van der Waals surface area contributed by atoms with Crippen LogP contribution in [0.5, 0.6) is 0 Å². The van der Waals surface area contributed by atoms with Crippen LogP contribution in [0.15, 0.2) is 11.5 Å². The Kier molecular flexibility index (Phi) is 4.53. The number of esters is 1. The first-order valence-corrected chi connectivity index (χ1v) is 4.87. The van der Waals surface area contributed by atoms with Gasteiger partial charge in [0.15, 0.2) is 11.9 Å². The summed E-state index contributed by atoms with van der Waals surface area (Å²) < 4.78 is 9.73. The highest BCUT2D eigenvalue weighted by Gasteiger charge is 2.40. The Hall–Kier alpha value is -1.31. The van der Waals surface area contributed by atoms with Crippen LogP contribution in [-0.2, 0) is 14.3 Å². The van der Waals surface area contributed by atoms with E-state index in [9.17, 15) is 15.0 Å². The Morgan fingerprint density at radius 1 is 1.56 bits per heavy atom. The van der Waals surface area contributed by atoms with E-state index in [1.807, 2.05) is 0 Å². The topological polar surface area (TPSA) is 122 Å². The molecule has 7 nitrogen and oxygen atoms in total. The van der Waals surface area contributed by atoms with Gasteiger partial charge < -0.3 is 30.5 Å². The minimum atomic E-state index is -1.32. The summed E-state index contributed by atoms with van der Waals surface area (Å²) in [5.41, 5.74) is 5.25. The molecule has 7 heteroatoms. The van der Waals surface area contributed by atoms with Crippen LogP contribution < -0.4 is 5.73 Å². The van der Waals surface area contributed by atoms with E-state index < -0.39 is 30.5 Å². The molecule has 1 aliphatic heterocycles. The highest BCUT2D eigenvalue weighted by atomic mass is 16.6. The number of hydrogen-bond acceptors (Lipinski definition) is 7. The molecule has 0 amide bonds. The lowest BCUT2D eigenvalue weighted by molar-refractivity contribution is -0.148. The van der Waals surface area contributed by atoms with Crippen molar-refractivity contribution in [1.82, 2.24) is 0 Å². The Labute approximate surface area is 92.1 Å². The predicted molar refractivity (Wildman–Crippen MR) is 52.3 cm³/mol. The minimum Gasteiger partial charge on any atom is -0.499 e. The van der Waals surface area contributed by atoms with Crippen molar-refractivity contribution in [3.8, 4) is 0 Å². The van der Waals surface area contributed by atoms with E-state index in [-0.39, 0.29) is 12.4 Å². The number of aliphatic hydroxyl groups excluding tert-OH is 3. The number of carbonyl (C=O) groups excluding carboxylic acids is 1. The molecule has 0 saturated heterocycles. The van der Waals surface area contributed by atoms with Gasteiger partial charge in [0.05, 0.1) is 13.2 Å². The maximum Gasteiger partial charge on any atom is 0.378 e. The van der Waals surface area contributed by atoms with Gasteiger partial charge in [-0.25, -0.2) is 4.79 Å². The summed E-state index contributed by atoms with van der Waals surface area (Å²) in [6, 6.07) is 0. The largest absolute Gasteiger partial charge is 0.499 e. The molecule has 0 spiro atoms. The summed E-state index contributed by atoms with van der Waals surface area (Å²) >= 11 is 0. The summed E-state index contributed by atoms with van der Waals surface area (Å²) in [5.74, 6) is -1.80. The lowest BCUT2D eigenvalue weighted by Crippen LogP contribution is -2.32. The molecule has 2 atom stereocenters. The highest BCUT2D eigenvalue weighted by molar-refractivity contribution is 5.89. The molecule has 1 rings (SSSR count). The van der Waals surface area contributed by atoms with E-state index in [0.29, 0.717) is 13.0 Å². The van der Waals surface area contributed by atoms with Gasteiger partial charge in [0, 0.05) is 0 Å². The molecule has 0 fully saturated rings. The fourth-order valence-corrected chi connectivity index (χ4v) is 1.22. The van der Waals surface area contributed by atoms with Gasteiger partial charge in [-0.05, 0) is 13.0 Å². The van der Waals surface area contributed by atoms with Crippen molar-refractivity contribution in [3.63, 3.8) is 0 Å². The summed E-state index contributed by atoms with van der Waals surface area (Å²) in [4.78, 5) is 11.0. The number of aliphatic hydroxyl groups is 3. The third-order valence-corrected chi connectivity index (χ3v) is 2.06. The molecule has 0 unspecified atom stereocenters. The summed E-state index contributed by atoms with van der Waals surface area (Å²) in [5, 5.41) is 27.4. The van der Waals surface area contributed by atoms with Crippen LogP contribution in [0.4, 0.5) is 0 Å². The van der Waals surface area contributed by atoms with Gasteiger partial charge in [-0.2, -0.15) is 0 Å². The zero-order chi connectivity index (χ0) is 12.1. The third kappa shape index (κ3) is 2.63. The Morgan fingerprint density at radius 2 is 2.25 bits per heavy atom. The Bertz CT molecular complexity index is 290. The van der Waals surface area contributed by atoms with E-state index in [1.54, 1.807) is 0 Å². The molecule has 0 aromatic rings. The Balaban J connectivity index is 2.69. The molecule has 0 radical (unpaired) electrons. The number of hydrogen-bond donors (Lipinski definition) is 4. The van der Waals surface area contributed by atoms with Gasteiger partial charge in [-0.1, -0.05) is 0 Å². The monoisotopic (exact) mass is 233 g/mol. The zero-order valence-corrected chi connectivity index (χ0v) is 8.63. The molecule has 0 aromatic carbocycles. The van der Waals surface area contributed by atoms with Crippen LogP contribution in [0.2, 0.25) is 0 Å². The number of carbonyl (C=O) groups is 1. The third-order valence-electron chi connectivity index (χ3n) is 2.06. The Morgan fingerprint density at radius 3 is 2.81 bits per heavy atom. The molecule has 92 valence electrons. The standard InChI is InChI=1S/C9H15NO6/c10-2-1-3-15-8-6(13)9(14)16-7(8)5(12)4-11/h5,7,11-13H,1-4,10H2/t5-,7+/m0/s1. The van der Waals surface area contributed by atoms with Gasteiger partial charge in [0.1, 0.15) is 6.10 Å². The zero-order valence-electron chi connectivity index (χ0n) is 8.63. The number of nitrogens with two attached hydrogens (primary N) is 1. The minimum absolute atomic E-state index is 0.153. The van der Waals surface area contributed by atoms with Crippen molar-refractivity contribution in [2.75, 3.05) is 19.8 Å². The van der Waals surface area contributed by atoms with Gasteiger partial charge in [0.2, 0.25) is 5.76 Å². The maximum atomic E-state index is 11.0. The molecular weight excluding hydrogens is 218 g/mol. The quantitative estimate of drug-likeness (QED) is 0.322. The highest BCUT2D eigenvalue weighted by Crippen LogP contribution is 2.24. The van der Waals surface area contributed by atoms with Crippen molar-refractivity contribution >= 4 is 5.97 Å². The molecule has 0 aliphatic carbocycles. The normalized spacial score (nSPS) is 22.2. The molecule has 0 bridgehead atoms. The van der Waals surface area contributed by atoms with Crippen molar-refractivity contribution in [1.29, 1.82) is 0 Å². The maximum absolute atomic E-state index is 11.0. The van der Waals surface area contributed by atoms with E-state index in [2.05, 4.69) is 4.74 Å². The molecule has 0 saturated carbocycles. The van der Waals surface area contributed by atoms with E-state index in [4.69, 9.17) is 15.6 Å². The van der Waals surface area contributed by atoms with E-state index in [0.717, 1.165) is 0 Å². The average Bonchev–Trinajstić information content (AvgIpc) is 2.56. The molecule has 1 aliphatic rings. The van der Waals surface area contributed by atoms with Crippen LogP contribution in [0.25, 0.3) is 0 Å². The SMILES string of the molecule is NCCCOC1=C(O)C(=O)O[C@@H]1[C@@H](O)CO. The lowest BCUT2D eigenvalue weighted by atomic mass is 10.2. The van der Waals surface area contributed by atoms with Crippen molar-refractivity contribution in [2.24, 2.45) is 5.73 Å². The number of ether oxygens (including phenoxy) is 2. The summed E-state index contributed by atoms with van der Waals surface area (Å²) in [7, 11) is 0. The smallest absolute Gasteiger partial charge is 0.378 e. The lowest BCUT2D eigenvalue weighted by Gasteiger charge is -2.18. The molecule has 0 aromatic heterocycles. The van der Waals surface area contributed by atoms with Crippen LogP contribution in [0.1, 0.15) is 6.42 Å². The van der Waals surface area contributed by atoms with Crippen LogP contribution in [0, 0.1) is 0 Å². The van der Waals surface area contributed by atoms with Crippen molar-refractivity contribution in [2.45, 2.75) is 18.6 Å². The first-order valence-electron chi connectivity index (χ1n) is 4.87. The number of cyclic esters (lactones) is 1. The predicted octanol–water partition coefficient (Wildman–Crippen LogP) is -1.60. The second-order valence-electron chi connectivity index (χ2n) is 3.28. The van der Waals surface area contributed by atoms with Gasteiger partial charge in [-0.15, -0.1) is 0 Å².